The first-order valence-electron chi connectivity index (χ1n) is 10.5. The Bertz CT molecular complexity index is 1070. The van der Waals surface area contributed by atoms with Gasteiger partial charge < -0.3 is 4.90 Å². The average molecular weight is 478 g/mol. The number of hydrogen-bond donors (Lipinski definition) is 0. The van der Waals surface area contributed by atoms with Gasteiger partial charge >= 0.3 is 0 Å². The second kappa shape index (κ2) is 9.43. The maximum Gasteiger partial charge on any atom is 0.258 e. The van der Waals surface area contributed by atoms with E-state index in [4.69, 9.17) is 0 Å². The average Bonchev–Trinajstić information content (AvgIpc) is 2.87. The summed E-state index contributed by atoms with van der Waals surface area (Å²) in [6, 6.07) is 20.3. The molecule has 31 heavy (non-hydrogen) atoms. The molecule has 5 nitrogen and oxygen atoms in total. The zero-order chi connectivity index (χ0) is 21.8. The molecule has 4 rings (SSSR count). The van der Waals surface area contributed by atoms with Gasteiger partial charge in [-0.2, -0.15) is 0 Å². The molecule has 0 fully saturated rings. The third-order valence-electron chi connectivity index (χ3n) is 5.44. The van der Waals surface area contributed by atoms with Crippen molar-refractivity contribution < 1.29 is 9.59 Å². The number of benzene rings is 2. The summed E-state index contributed by atoms with van der Waals surface area (Å²) in [7, 11) is 0. The first kappa shape index (κ1) is 21.2. The molecule has 0 saturated carbocycles. The molecule has 1 aliphatic rings. The van der Waals surface area contributed by atoms with Crippen LogP contribution in [0.3, 0.4) is 0 Å². The molecule has 0 N–H and O–H groups in total. The lowest BCUT2D eigenvalue weighted by molar-refractivity contribution is -0.123. The zero-order valence-corrected chi connectivity index (χ0v) is 19.0. The molecule has 6 heteroatoms. The molecule has 0 spiro atoms. The summed E-state index contributed by atoms with van der Waals surface area (Å²) in [5.74, 6) is 0.106. The minimum Gasteiger partial charge on any atom is -0.318 e. The standard InChI is InChI=1S/C25H24BrN3O2/c1-2-3-14-28-23-21(15-20(26)16-27-23)24(30)29(17-18-10-6-4-7-11-18)22(25(28)31)19-12-8-5-9-13-19/h4-13,15-16,22H,2-3,14,17H2,1H3. The van der Waals surface area contributed by atoms with Crippen molar-refractivity contribution in [2.24, 2.45) is 0 Å². The van der Waals surface area contributed by atoms with Crippen LogP contribution in [0.1, 0.15) is 47.3 Å². The maximum atomic E-state index is 13.9. The van der Waals surface area contributed by atoms with Gasteiger partial charge in [0.25, 0.3) is 11.8 Å². The van der Waals surface area contributed by atoms with Crippen LogP contribution in [-0.2, 0) is 11.3 Å². The van der Waals surface area contributed by atoms with Crippen molar-refractivity contribution in [2.45, 2.75) is 32.4 Å². The predicted octanol–water partition coefficient (Wildman–Crippen LogP) is 5.37. The van der Waals surface area contributed by atoms with E-state index in [1.165, 1.54) is 0 Å². The Morgan fingerprint density at radius 1 is 1.00 bits per heavy atom. The van der Waals surface area contributed by atoms with E-state index in [0.717, 1.165) is 24.0 Å². The predicted molar refractivity (Wildman–Crippen MR) is 125 cm³/mol. The fourth-order valence-corrected chi connectivity index (χ4v) is 4.23. The van der Waals surface area contributed by atoms with Crippen molar-refractivity contribution >= 4 is 33.6 Å². The van der Waals surface area contributed by atoms with E-state index < -0.39 is 6.04 Å². The lowest BCUT2D eigenvalue weighted by atomic mass is 10.0. The molecule has 158 valence electrons. The largest absolute Gasteiger partial charge is 0.318 e. The van der Waals surface area contributed by atoms with E-state index in [9.17, 15) is 9.59 Å². The van der Waals surface area contributed by atoms with E-state index in [2.05, 4.69) is 27.8 Å². The number of aromatic nitrogens is 1. The molecule has 3 aromatic rings. The number of nitrogens with zero attached hydrogens (tertiary/aromatic N) is 3. The van der Waals surface area contributed by atoms with Gasteiger partial charge in [0.1, 0.15) is 11.9 Å². The van der Waals surface area contributed by atoms with Gasteiger partial charge in [-0.25, -0.2) is 4.98 Å². The molecule has 0 bridgehead atoms. The molecule has 0 saturated heterocycles. The third kappa shape index (κ3) is 4.39. The number of halogens is 1. The number of carbonyl (C=O) groups is 2. The highest BCUT2D eigenvalue weighted by Crippen LogP contribution is 2.35. The summed E-state index contributed by atoms with van der Waals surface area (Å²) in [5, 5.41) is 0. The molecule has 1 aromatic heterocycles. The Hall–Kier alpha value is -2.99. The molecule has 0 radical (unpaired) electrons. The second-order valence-corrected chi connectivity index (χ2v) is 8.52. The van der Waals surface area contributed by atoms with Crippen LogP contribution in [0, 0.1) is 0 Å². The molecule has 2 aromatic carbocycles. The van der Waals surface area contributed by atoms with Crippen molar-refractivity contribution in [1.82, 2.24) is 9.88 Å². The Morgan fingerprint density at radius 3 is 2.35 bits per heavy atom. The van der Waals surface area contributed by atoms with Gasteiger partial charge in [-0.3, -0.25) is 14.5 Å². The molecular weight excluding hydrogens is 454 g/mol. The highest BCUT2D eigenvalue weighted by atomic mass is 79.9. The van der Waals surface area contributed by atoms with Crippen LogP contribution >= 0.6 is 15.9 Å². The van der Waals surface area contributed by atoms with E-state index in [-0.39, 0.29) is 11.8 Å². The minimum atomic E-state index is -0.723. The smallest absolute Gasteiger partial charge is 0.258 e. The van der Waals surface area contributed by atoms with Crippen molar-refractivity contribution in [1.29, 1.82) is 0 Å². The number of carbonyl (C=O) groups excluding carboxylic acids is 2. The Kier molecular flexibility index (Phi) is 6.47. The SMILES string of the molecule is CCCCN1C(=O)C(c2ccccc2)N(Cc2ccccc2)C(=O)c2cc(Br)cnc21. The minimum absolute atomic E-state index is 0.127. The van der Waals surface area contributed by atoms with Gasteiger partial charge in [-0.15, -0.1) is 0 Å². The van der Waals surface area contributed by atoms with Crippen LogP contribution in [-0.4, -0.2) is 28.2 Å². The Morgan fingerprint density at radius 2 is 1.68 bits per heavy atom. The monoisotopic (exact) mass is 477 g/mol. The third-order valence-corrected chi connectivity index (χ3v) is 5.87. The molecule has 1 unspecified atom stereocenters. The van der Waals surface area contributed by atoms with Crippen molar-refractivity contribution in [3.05, 3.63) is 94.1 Å². The molecule has 2 amide bonds. The number of amides is 2. The molecule has 1 aliphatic heterocycles. The van der Waals surface area contributed by atoms with Crippen LogP contribution in [0.4, 0.5) is 5.82 Å². The number of anilines is 1. The molecule has 1 atom stereocenters. The number of rotatable bonds is 6. The van der Waals surface area contributed by atoms with Crippen molar-refractivity contribution in [2.75, 3.05) is 11.4 Å². The van der Waals surface area contributed by atoms with Crippen molar-refractivity contribution in [3.8, 4) is 0 Å². The van der Waals surface area contributed by atoms with Crippen LogP contribution in [0.5, 0.6) is 0 Å². The van der Waals surface area contributed by atoms with Crippen LogP contribution in [0.2, 0.25) is 0 Å². The van der Waals surface area contributed by atoms with Gasteiger partial charge in [-0.05, 0) is 39.5 Å². The van der Waals surface area contributed by atoms with Gasteiger partial charge in [0.05, 0.1) is 5.56 Å². The van der Waals surface area contributed by atoms with Crippen LogP contribution in [0.15, 0.2) is 77.4 Å². The zero-order valence-electron chi connectivity index (χ0n) is 17.4. The number of unbranched alkanes of at least 4 members (excludes halogenated alkanes) is 1. The highest BCUT2D eigenvalue weighted by Gasteiger charge is 2.41. The molecule has 2 heterocycles. The summed E-state index contributed by atoms with van der Waals surface area (Å²) in [6.45, 7) is 2.94. The Balaban J connectivity index is 1.88. The molecule has 0 aliphatic carbocycles. The lowest BCUT2D eigenvalue weighted by Crippen LogP contribution is -2.42. The second-order valence-electron chi connectivity index (χ2n) is 7.60. The number of fused-ring (bicyclic) bond motifs is 1. The first-order valence-corrected chi connectivity index (χ1v) is 11.3. The van der Waals surface area contributed by atoms with Crippen LogP contribution in [0.25, 0.3) is 0 Å². The Labute approximate surface area is 190 Å². The maximum absolute atomic E-state index is 13.9. The van der Waals surface area contributed by atoms with Gasteiger partial charge in [-0.1, -0.05) is 74.0 Å². The number of pyridine rings is 1. The summed E-state index contributed by atoms with van der Waals surface area (Å²) in [5.41, 5.74) is 2.20. The normalized spacial score (nSPS) is 16.3. The van der Waals surface area contributed by atoms with Gasteiger partial charge in [0.15, 0.2) is 0 Å². The summed E-state index contributed by atoms with van der Waals surface area (Å²) < 4.78 is 0.709. The first-order chi connectivity index (χ1) is 15.1. The van der Waals surface area contributed by atoms with Gasteiger partial charge in [0, 0.05) is 23.8 Å². The van der Waals surface area contributed by atoms with Crippen molar-refractivity contribution in [3.63, 3.8) is 0 Å². The summed E-state index contributed by atoms with van der Waals surface area (Å²) >= 11 is 3.44. The van der Waals surface area contributed by atoms with E-state index in [0.29, 0.717) is 28.9 Å². The fraction of sp³-hybridized carbons (Fsp3) is 0.240. The topological polar surface area (TPSA) is 53.5 Å². The van der Waals surface area contributed by atoms with E-state index in [1.807, 2.05) is 60.7 Å². The summed E-state index contributed by atoms with van der Waals surface area (Å²) in [6.07, 6.45) is 3.41. The fourth-order valence-electron chi connectivity index (χ4n) is 3.90. The van der Waals surface area contributed by atoms with Crippen LogP contribution < -0.4 is 4.90 Å². The molecular formula is C25H24BrN3O2. The number of hydrogen-bond acceptors (Lipinski definition) is 3. The summed E-state index contributed by atoms with van der Waals surface area (Å²) in [4.78, 5) is 35.6. The van der Waals surface area contributed by atoms with E-state index in [1.54, 1.807) is 22.1 Å². The van der Waals surface area contributed by atoms with Gasteiger partial charge in [0.2, 0.25) is 0 Å². The highest BCUT2D eigenvalue weighted by molar-refractivity contribution is 9.10. The lowest BCUT2D eigenvalue weighted by Gasteiger charge is -2.31. The quantitative estimate of drug-likeness (QED) is 0.479. The van der Waals surface area contributed by atoms with E-state index >= 15 is 0 Å².